The van der Waals surface area contributed by atoms with Gasteiger partial charge in [0.2, 0.25) is 0 Å². The number of fused-ring (bicyclic) bond motifs is 1. The maximum Gasteiger partial charge on any atom is 0.00454 e. The van der Waals surface area contributed by atoms with Gasteiger partial charge in [0, 0.05) is 17.5 Å². The van der Waals surface area contributed by atoms with E-state index >= 15 is 0 Å². The Morgan fingerprint density at radius 2 is 2.17 bits per heavy atom. The molecule has 0 amide bonds. The van der Waals surface area contributed by atoms with Crippen LogP contribution in [-0.2, 0) is 6.42 Å². The van der Waals surface area contributed by atoms with Gasteiger partial charge in [0.15, 0.2) is 0 Å². The highest BCUT2D eigenvalue weighted by atomic mass is 32.1. The van der Waals surface area contributed by atoms with Gasteiger partial charge in [-0.2, -0.15) is 0 Å². The normalized spacial score (nSPS) is 33.9. The summed E-state index contributed by atoms with van der Waals surface area (Å²) in [6.45, 7) is 5.77. The summed E-state index contributed by atoms with van der Waals surface area (Å²) in [5, 5.41) is 5.91. The molecule has 0 aliphatic heterocycles. The van der Waals surface area contributed by atoms with Gasteiger partial charge >= 0.3 is 0 Å². The molecule has 2 aliphatic rings. The number of thiophene rings is 1. The number of nitrogens with one attached hydrogen (secondary N) is 1. The van der Waals surface area contributed by atoms with Crippen molar-refractivity contribution in [1.29, 1.82) is 0 Å². The van der Waals surface area contributed by atoms with Crippen molar-refractivity contribution in [1.82, 2.24) is 5.32 Å². The van der Waals surface area contributed by atoms with E-state index in [1.165, 1.54) is 38.6 Å². The summed E-state index contributed by atoms with van der Waals surface area (Å²) in [7, 11) is 0. The molecule has 1 nitrogen and oxygen atoms in total. The van der Waals surface area contributed by atoms with Crippen LogP contribution in [0.2, 0.25) is 0 Å². The van der Waals surface area contributed by atoms with Crippen molar-refractivity contribution in [3.63, 3.8) is 0 Å². The van der Waals surface area contributed by atoms with E-state index < -0.39 is 0 Å². The first-order valence-corrected chi connectivity index (χ1v) is 8.31. The van der Waals surface area contributed by atoms with Crippen LogP contribution in [0.1, 0.15) is 44.4 Å². The summed E-state index contributed by atoms with van der Waals surface area (Å²) >= 11 is 1.92. The third-order valence-corrected chi connectivity index (χ3v) is 5.76. The zero-order valence-corrected chi connectivity index (χ0v) is 12.4. The monoisotopic (exact) mass is 263 g/mol. The molecule has 2 atom stereocenters. The molecule has 2 unspecified atom stereocenters. The van der Waals surface area contributed by atoms with Crippen LogP contribution in [0.25, 0.3) is 0 Å². The fraction of sp³-hybridized carbons (Fsp3) is 0.750. The van der Waals surface area contributed by atoms with Crippen LogP contribution in [0, 0.1) is 17.3 Å². The fourth-order valence-electron chi connectivity index (χ4n) is 3.71. The molecular formula is C16H25NS. The lowest BCUT2D eigenvalue weighted by Crippen LogP contribution is -2.37. The number of aryl methyl sites for hydroxylation is 1. The third-order valence-electron chi connectivity index (χ3n) is 4.83. The van der Waals surface area contributed by atoms with Gasteiger partial charge < -0.3 is 5.32 Å². The topological polar surface area (TPSA) is 12.0 Å². The first kappa shape index (κ1) is 12.7. The molecule has 1 heterocycles. The molecule has 1 N–H and O–H groups in total. The molecule has 2 saturated carbocycles. The van der Waals surface area contributed by atoms with Crippen LogP contribution in [0.4, 0.5) is 0 Å². The summed E-state index contributed by atoms with van der Waals surface area (Å²) < 4.78 is 0. The highest BCUT2D eigenvalue weighted by Gasteiger charge is 2.52. The highest BCUT2D eigenvalue weighted by molar-refractivity contribution is 7.09. The van der Waals surface area contributed by atoms with Gasteiger partial charge in [-0.3, -0.25) is 0 Å². The Balaban J connectivity index is 1.59. The molecular weight excluding hydrogens is 238 g/mol. The molecule has 1 aromatic rings. The zero-order valence-electron chi connectivity index (χ0n) is 11.6. The van der Waals surface area contributed by atoms with E-state index in [-0.39, 0.29) is 0 Å². The predicted molar refractivity (Wildman–Crippen MR) is 79.0 cm³/mol. The molecule has 0 aromatic carbocycles. The second-order valence-electron chi connectivity index (χ2n) is 6.78. The van der Waals surface area contributed by atoms with Crippen LogP contribution in [-0.4, -0.2) is 12.6 Å². The van der Waals surface area contributed by atoms with Crippen molar-refractivity contribution in [2.24, 2.45) is 17.3 Å². The van der Waals surface area contributed by atoms with E-state index in [1.807, 2.05) is 11.3 Å². The van der Waals surface area contributed by atoms with Gasteiger partial charge in [-0.25, -0.2) is 0 Å². The predicted octanol–water partition coefficient (Wildman–Crippen LogP) is 4.10. The van der Waals surface area contributed by atoms with E-state index in [4.69, 9.17) is 0 Å². The van der Waals surface area contributed by atoms with E-state index in [9.17, 15) is 0 Å². The molecule has 18 heavy (non-hydrogen) atoms. The van der Waals surface area contributed by atoms with Crippen LogP contribution in [0.15, 0.2) is 17.5 Å². The van der Waals surface area contributed by atoms with Crippen molar-refractivity contribution in [2.45, 2.75) is 52.0 Å². The lowest BCUT2D eigenvalue weighted by atomic mass is 9.78. The summed E-state index contributed by atoms with van der Waals surface area (Å²) in [5.74, 6) is 2.17. The standard InChI is InChI=1S/C16H25NS/c1-12(2)17-11-16(9-13-8-14(13)10-16)6-5-15-4-3-7-18-15/h3-4,7,12-14,17H,5-6,8-11H2,1-2H3. The molecule has 100 valence electrons. The SMILES string of the molecule is CC(C)NCC1(CCc2cccs2)CC2CC2C1. The molecule has 1 aromatic heterocycles. The van der Waals surface area contributed by atoms with Gasteiger partial charge in [0.25, 0.3) is 0 Å². The molecule has 0 spiro atoms. The van der Waals surface area contributed by atoms with Crippen molar-refractivity contribution >= 4 is 11.3 Å². The van der Waals surface area contributed by atoms with Crippen LogP contribution in [0.3, 0.4) is 0 Å². The largest absolute Gasteiger partial charge is 0.314 e. The Morgan fingerprint density at radius 1 is 1.39 bits per heavy atom. The summed E-state index contributed by atoms with van der Waals surface area (Å²) in [6, 6.07) is 5.11. The minimum atomic E-state index is 0.613. The molecule has 0 radical (unpaired) electrons. The van der Waals surface area contributed by atoms with E-state index in [2.05, 4.69) is 36.7 Å². The highest BCUT2D eigenvalue weighted by Crippen LogP contribution is 2.61. The van der Waals surface area contributed by atoms with Crippen molar-refractivity contribution in [3.8, 4) is 0 Å². The number of hydrogen-bond donors (Lipinski definition) is 1. The summed E-state index contributed by atoms with van der Waals surface area (Å²) in [4.78, 5) is 1.57. The maximum atomic E-state index is 3.70. The second-order valence-corrected chi connectivity index (χ2v) is 7.81. The number of hydrogen-bond acceptors (Lipinski definition) is 2. The minimum Gasteiger partial charge on any atom is -0.314 e. The molecule has 2 heteroatoms. The Kier molecular flexibility index (Phi) is 3.50. The average molecular weight is 263 g/mol. The summed E-state index contributed by atoms with van der Waals surface area (Å²) in [6.07, 6.45) is 7.19. The van der Waals surface area contributed by atoms with Crippen molar-refractivity contribution in [2.75, 3.05) is 6.54 Å². The van der Waals surface area contributed by atoms with Gasteiger partial charge in [0.05, 0.1) is 0 Å². The van der Waals surface area contributed by atoms with Gasteiger partial charge in [-0.15, -0.1) is 11.3 Å². The Morgan fingerprint density at radius 3 is 2.78 bits per heavy atom. The van der Waals surface area contributed by atoms with E-state index in [0.717, 1.165) is 11.8 Å². The van der Waals surface area contributed by atoms with Gasteiger partial charge in [-0.05, 0) is 60.8 Å². The lowest BCUT2D eigenvalue weighted by Gasteiger charge is -2.32. The van der Waals surface area contributed by atoms with Gasteiger partial charge in [-0.1, -0.05) is 19.9 Å². The Hall–Kier alpha value is -0.340. The van der Waals surface area contributed by atoms with Crippen LogP contribution in [0.5, 0.6) is 0 Å². The molecule has 0 bridgehead atoms. The quantitative estimate of drug-likeness (QED) is 0.815. The van der Waals surface area contributed by atoms with Crippen molar-refractivity contribution < 1.29 is 0 Å². The maximum absolute atomic E-state index is 3.70. The lowest BCUT2D eigenvalue weighted by molar-refractivity contribution is 0.225. The molecule has 0 saturated heterocycles. The number of rotatable bonds is 6. The molecule has 2 fully saturated rings. The van der Waals surface area contributed by atoms with Gasteiger partial charge in [0.1, 0.15) is 0 Å². The van der Waals surface area contributed by atoms with E-state index in [1.54, 1.807) is 4.88 Å². The molecule has 3 rings (SSSR count). The Bertz CT molecular complexity index is 372. The van der Waals surface area contributed by atoms with E-state index in [0.29, 0.717) is 11.5 Å². The fourth-order valence-corrected chi connectivity index (χ4v) is 4.42. The first-order chi connectivity index (χ1) is 8.67. The smallest absolute Gasteiger partial charge is 0.00454 e. The molecule has 2 aliphatic carbocycles. The zero-order chi connectivity index (χ0) is 12.6. The van der Waals surface area contributed by atoms with Crippen molar-refractivity contribution in [3.05, 3.63) is 22.4 Å². The summed E-state index contributed by atoms with van der Waals surface area (Å²) in [5.41, 5.74) is 0.613. The Labute approximate surface area is 115 Å². The third kappa shape index (κ3) is 2.80. The average Bonchev–Trinajstić information content (AvgIpc) is 2.83. The van der Waals surface area contributed by atoms with Crippen LogP contribution >= 0.6 is 11.3 Å². The second kappa shape index (κ2) is 4.97. The van der Waals surface area contributed by atoms with Crippen LogP contribution < -0.4 is 5.32 Å². The minimum absolute atomic E-state index is 0.613. The first-order valence-electron chi connectivity index (χ1n) is 7.43.